The number of rotatable bonds is 5. The number of nitrogens with zero attached hydrogens (tertiary/aromatic N) is 1. The molecule has 0 saturated heterocycles. The summed E-state index contributed by atoms with van der Waals surface area (Å²) >= 11 is 0. The maximum Gasteiger partial charge on any atom is 0.259 e. The summed E-state index contributed by atoms with van der Waals surface area (Å²) in [6.07, 6.45) is 1.46. The standard InChI is InChI=1S/C21H20N4O5/c1-12(26)23-16-10-14(4-6-17(16)28-2)24-21(27)15-11-22-25-20(15)13-3-5-18-19(9-13)30-8-7-29-18/h3-6,9-11H,7-8H2,1-2H3,(H,22,25)(H,23,26)(H,24,27). The Kier molecular flexibility index (Phi) is 5.25. The Morgan fingerprint density at radius 1 is 1.07 bits per heavy atom. The Balaban J connectivity index is 1.59. The van der Waals surface area contributed by atoms with Crippen LogP contribution in [0, 0.1) is 0 Å². The average molecular weight is 408 g/mol. The number of hydrogen-bond donors (Lipinski definition) is 3. The summed E-state index contributed by atoms with van der Waals surface area (Å²) in [5, 5.41) is 12.4. The molecule has 0 atom stereocenters. The molecule has 0 aliphatic carbocycles. The van der Waals surface area contributed by atoms with Gasteiger partial charge in [-0.2, -0.15) is 5.10 Å². The van der Waals surface area contributed by atoms with E-state index in [1.807, 2.05) is 6.07 Å². The first-order valence-electron chi connectivity index (χ1n) is 9.25. The summed E-state index contributed by atoms with van der Waals surface area (Å²) in [4.78, 5) is 24.3. The van der Waals surface area contributed by atoms with E-state index >= 15 is 0 Å². The molecule has 2 aromatic carbocycles. The third kappa shape index (κ3) is 3.90. The molecule has 3 N–H and O–H groups in total. The predicted molar refractivity (Wildman–Crippen MR) is 110 cm³/mol. The highest BCUT2D eigenvalue weighted by Gasteiger charge is 2.19. The number of aromatic nitrogens is 2. The van der Waals surface area contributed by atoms with Crippen LogP contribution in [0.25, 0.3) is 11.3 Å². The molecule has 9 heteroatoms. The molecular formula is C21H20N4O5. The van der Waals surface area contributed by atoms with Gasteiger partial charge in [0.1, 0.15) is 19.0 Å². The fourth-order valence-electron chi connectivity index (χ4n) is 3.15. The van der Waals surface area contributed by atoms with Crippen LogP contribution in [0.1, 0.15) is 17.3 Å². The number of aromatic amines is 1. The van der Waals surface area contributed by atoms with Gasteiger partial charge < -0.3 is 24.8 Å². The Hall–Kier alpha value is -4.01. The van der Waals surface area contributed by atoms with Crippen LogP contribution in [-0.4, -0.2) is 42.3 Å². The number of amides is 2. The molecule has 0 fully saturated rings. The number of fused-ring (bicyclic) bond motifs is 1. The van der Waals surface area contributed by atoms with Crippen LogP contribution in [-0.2, 0) is 4.79 Å². The monoisotopic (exact) mass is 408 g/mol. The number of anilines is 2. The fourth-order valence-corrected chi connectivity index (χ4v) is 3.15. The number of nitrogens with one attached hydrogen (secondary N) is 3. The molecule has 9 nitrogen and oxygen atoms in total. The van der Waals surface area contributed by atoms with Gasteiger partial charge in [0.05, 0.1) is 30.3 Å². The van der Waals surface area contributed by atoms with Gasteiger partial charge in [0.2, 0.25) is 5.91 Å². The van der Waals surface area contributed by atoms with E-state index in [2.05, 4.69) is 20.8 Å². The van der Waals surface area contributed by atoms with Crippen molar-refractivity contribution in [2.75, 3.05) is 31.0 Å². The molecule has 30 heavy (non-hydrogen) atoms. The van der Waals surface area contributed by atoms with Crippen molar-refractivity contribution in [2.45, 2.75) is 6.92 Å². The van der Waals surface area contributed by atoms with Crippen LogP contribution in [0.5, 0.6) is 17.2 Å². The summed E-state index contributed by atoms with van der Waals surface area (Å²) in [7, 11) is 1.50. The maximum atomic E-state index is 12.9. The first-order chi connectivity index (χ1) is 14.5. The molecule has 3 aromatic rings. The molecule has 2 heterocycles. The molecule has 154 valence electrons. The molecular weight excluding hydrogens is 388 g/mol. The van der Waals surface area contributed by atoms with Gasteiger partial charge in [-0.05, 0) is 36.4 Å². The Morgan fingerprint density at radius 2 is 1.87 bits per heavy atom. The fraction of sp³-hybridized carbons (Fsp3) is 0.190. The highest BCUT2D eigenvalue weighted by molar-refractivity contribution is 6.08. The van der Waals surface area contributed by atoms with E-state index in [9.17, 15) is 9.59 Å². The van der Waals surface area contributed by atoms with Crippen molar-refractivity contribution in [1.29, 1.82) is 0 Å². The molecule has 0 saturated carbocycles. The number of H-pyrrole nitrogens is 1. The molecule has 1 aliphatic heterocycles. The van der Waals surface area contributed by atoms with E-state index in [1.165, 1.54) is 20.2 Å². The van der Waals surface area contributed by atoms with E-state index in [0.29, 0.717) is 53.1 Å². The molecule has 0 spiro atoms. The Bertz CT molecular complexity index is 1110. The number of ether oxygens (including phenoxy) is 3. The highest BCUT2D eigenvalue weighted by Crippen LogP contribution is 2.35. The lowest BCUT2D eigenvalue weighted by Gasteiger charge is -2.18. The van der Waals surface area contributed by atoms with Crippen molar-refractivity contribution in [3.05, 3.63) is 48.2 Å². The lowest BCUT2D eigenvalue weighted by Crippen LogP contribution is -2.15. The normalized spacial score (nSPS) is 12.2. The zero-order valence-electron chi connectivity index (χ0n) is 16.4. The van der Waals surface area contributed by atoms with Crippen molar-refractivity contribution in [3.8, 4) is 28.5 Å². The van der Waals surface area contributed by atoms with Crippen LogP contribution >= 0.6 is 0 Å². The highest BCUT2D eigenvalue weighted by atomic mass is 16.6. The van der Waals surface area contributed by atoms with Gasteiger partial charge >= 0.3 is 0 Å². The first kappa shape index (κ1) is 19.3. The van der Waals surface area contributed by atoms with Gasteiger partial charge in [-0.15, -0.1) is 0 Å². The van der Waals surface area contributed by atoms with Crippen molar-refractivity contribution in [3.63, 3.8) is 0 Å². The second-order valence-electron chi connectivity index (χ2n) is 6.57. The second-order valence-corrected chi connectivity index (χ2v) is 6.57. The number of carbonyl (C=O) groups is 2. The van der Waals surface area contributed by atoms with Gasteiger partial charge in [0.15, 0.2) is 11.5 Å². The minimum absolute atomic E-state index is 0.243. The Morgan fingerprint density at radius 3 is 2.63 bits per heavy atom. The second kappa shape index (κ2) is 8.16. The third-order valence-corrected chi connectivity index (χ3v) is 4.48. The molecule has 0 radical (unpaired) electrons. The number of hydrogen-bond acceptors (Lipinski definition) is 6. The SMILES string of the molecule is COc1ccc(NC(=O)c2cn[nH]c2-c2ccc3c(c2)OCCO3)cc1NC(C)=O. The topological polar surface area (TPSA) is 115 Å². The van der Waals surface area contributed by atoms with Crippen molar-refractivity contribution in [2.24, 2.45) is 0 Å². The van der Waals surface area contributed by atoms with Crippen LogP contribution in [0.2, 0.25) is 0 Å². The molecule has 0 bridgehead atoms. The van der Waals surface area contributed by atoms with Crippen LogP contribution in [0.3, 0.4) is 0 Å². The van der Waals surface area contributed by atoms with Crippen molar-refractivity contribution in [1.82, 2.24) is 10.2 Å². The van der Waals surface area contributed by atoms with Gasteiger partial charge in [-0.25, -0.2) is 0 Å². The summed E-state index contributed by atoms with van der Waals surface area (Å²) < 4.78 is 16.4. The Labute approximate surface area is 172 Å². The van der Waals surface area contributed by atoms with E-state index < -0.39 is 0 Å². The van der Waals surface area contributed by atoms with Crippen LogP contribution in [0.4, 0.5) is 11.4 Å². The summed E-state index contributed by atoms with van der Waals surface area (Å²) in [5.74, 6) is 1.18. The lowest BCUT2D eigenvalue weighted by atomic mass is 10.1. The molecule has 1 aliphatic rings. The van der Waals surface area contributed by atoms with E-state index in [1.54, 1.807) is 30.3 Å². The first-order valence-corrected chi connectivity index (χ1v) is 9.25. The average Bonchev–Trinajstić information content (AvgIpc) is 3.23. The van der Waals surface area contributed by atoms with Gasteiger partial charge in [0.25, 0.3) is 5.91 Å². The van der Waals surface area contributed by atoms with Crippen molar-refractivity contribution >= 4 is 23.2 Å². The van der Waals surface area contributed by atoms with E-state index in [4.69, 9.17) is 14.2 Å². The number of methoxy groups -OCH3 is 1. The van der Waals surface area contributed by atoms with Crippen LogP contribution in [0.15, 0.2) is 42.6 Å². The van der Waals surface area contributed by atoms with E-state index in [-0.39, 0.29) is 11.8 Å². The smallest absolute Gasteiger partial charge is 0.259 e. The van der Waals surface area contributed by atoms with Gasteiger partial charge in [-0.1, -0.05) is 0 Å². The summed E-state index contributed by atoms with van der Waals surface area (Å²) in [6.45, 7) is 2.38. The van der Waals surface area contributed by atoms with Gasteiger partial charge in [0, 0.05) is 18.2 Å². The van der Waals surface area contributed by atoms with Crippen molar-refractivity contribution < 1.29 is 23.8 Å². The molecule has 1 aromatic heterocycles. The molecule has 2 amide bonds. The largest absolute Gasteiger partial charge is 0.495 e. The minimum atomic E-state index is -0.354. The van der Waals surface area contributed by atoms with Gasteiger partial charge in [-0.3, -0.25) is 14.7 Å². The minimum Gasteiger partial charge on any atom is -0.495 e. The lowest BCUT2D eigenvalue weighted by molar-refractivity contribution is -0.114. The number of carbonyl (C=O) groups excluding carboxylic acids is 2. The zero-order chi connectivity index (χ0) is 21.1. The van der Waals surface area contributed by atoms with E-state index in [0.717, 1.165) is 5.56 Å². The zero-order valence-corrected chi connectivity index (χ0v) is 16.4. The molecule has 4 rings (SSSR count). The molecule has 0 unspecified atom stereocenters. The predicted octanol–water partition coefficient (Wildman–Crippen LogP) is 3.07. The number of benzene rings is 2. The van der Waals surface area contributed by atoms with Crippen LogP contribution < -0.4 is 24.8 Å². The third-order valence-electron chi connectivity index (χ3n) is 4.48. The maximum absolute atomic E-state index is 12.9. The summed E-state index contributed by atoms with van der Waals surface area (Å²) in [6, 6.07) is 10.4. The summed E-state index contributed by atoms with van der Waals surface area (Å²) in [5.41, 5.74) is 2.63. The quantitative estimate of drug-likeness (QED) is 0.598.